The van der Waals surface area contributed by atoms with Gasteiger partial charge in [0, 0.05) is 44.8 Å². The topological polar surface area (TPSA) is 144 Å². The Labute approximate surface area is 194 Å². The first kappa shape index (κ1) is 26.7. The molecular weight excluding hydrogens is 450 g/mol. The lowest BCUT2D eigenvalue weighted by molar-refractivity contribution is -0.159. The number of carboxylic acids is 2. The molecule has 0 aromatic heterocycles. The quantitative estimate of drug-likeness (QED) is 0.553. The van der Waals surface area contributed by atoms with Crippen molar-refractivity contribution in [3.63, 3.8) is 0 Å². The average Bonchev–Trinajstić information content (AvgIpc) is 2.74. The minimum absolute atomic E-state index is 0.170. The molecule has 1 aromatic rings. The van der Waals surface area contributed by atoms with Crippen LogP contribution in [0.1, 0.15) is 51.9 Å². The SMILES string of the molecule is CC(=O)Nc1ccc(S(=O)(=O)N2CCN(C3CCCCCCC3)CC2)cc1.O=C(O)C(=O)O. The third-order valence-corrected chi connectivity index (χ3v) is 7.77. The number of nitrogens with zero attached hydrogens (tertiary/aromatic N) is 2. The van der Waals surface area contributed by atoms with Crippen molar-refractivity contribution in [2.24, 2.45) is 0 Å². The zero-order valence-corrected chi connectivity index (χ0v) is 19.7. The van der Waals surface area contributed by atoms with E-state index in [0.29, 0.717) is 24.8 Å². The van der Waals surface area contributed by atoms with Crippen molar-refractivity contribution in [3.8, 4) is 0 Å². The second kappa shape index (κ2) is 12.7. The van der Waals surface area contributed by atoms with Crippen molar-refractivity contribution in [1.82, 2.24) is 9.21 Å². The van der Waals surface area contributed by atoms with Crippen LogP contribution in [-0.4, -0.2) is 77.9 Å². The first-order chi connectivity index (χ1) is 15.6. The summed E-state index contributed by atoms with van der Waals surface area (Å²) in [6, 6.07) is 7.04. The maximum atomic E-state index is 12.9. The molecule has 0 radical (unpaired) electrons. The third kappa shape index (κ3) is 8.41. The van der Waals surface area contributed by atoms with Gasteiger partial charge < -0.3 is 15.5 Å². The van der Waals surface area contributed by atoms with Crippen molar-refractivity contribution in [3.05, 3.63) is 24.3 Å². The third-order valence-electron chi connectivity index (χ3n) is 5.86. The van der Waals surface area contributed by atoms with Crippen LogP contribution in [0.2, 0.25) is 0 Å². The molecule has 1 saturated heterocycles. The van der Waals surface area contributed by atoms with Crippen LogP contribution in [0.4, 0.5) is 5.69 Å². The molecular formula is C22H33N3O7S. The van der Waals surface area contributed by atoms with Gasteiger partial charge in [-0.15, -0.1) is 0 Å². The number of hydrogen-bond acceptors (Lipinski definition) is 6. The number of nitrogens with one attached hydrogen (secondary N) is 1. The number of rotatable bonds is 4. The maximum absolute atomic E-state index is 12.9. The summed E-state index contributed by atoms with van der Waals surface area (Å²) in [6.07, 6.45) is 9.11. The zero-order chi connectivity index (χ0) is 24.4. The average molecular weight is 484 g/mol. The van der Waals surface area contributed by atoms with E-state index in [-0.39, 0.29) is 10.8 Å². The van der Waals surface area contributed by atoms with Crippen molar-refractivity contribution >= 4 is 33.6 Å². The molecule has 2 aliphatic rings. The molecule has 1 aromatic carbocycles. The Bertz CT molecular complexity index is 890. The van der Waals surface area contributed by atoms with E-state index in [9.17, 15) is 13.2 Å². The van der Waals surface area contributed by atoms with E-state index < -0.39 is 22.0 Å². The maximum Gasteiger partial charge on any atom is 0.414 e. The van der Waals surface area contributed by atoms with Gasteiger partial charge in [0.05, 0.1) is 4.90 Å². The summed E-state index contributed by atoms with van der Waals surface area (Å²) in [4.78, 5) is 32.1. The number of amides is 1. The van der Waals surface area contributed by atoms with Gasteiger partial charge in [0.25, 0.3) is 0 Å². The second-order valence-electron chi connectivity index (χ2n) is 8.25. The smallest absolute Gasteiger partial charge is 0.414 e. The highest BCUT2D eigenvalue weighted by atomic mass is 32.2. The number of piperazine rings is 1. The first-order valence-electron chi connectivity index (χ1n) is 11.2. The molecule has 33 heavy (non-hydrogen) atoms. The fourth-order valence-corrected chi connectivity index (χ4v) is 5.59. The summed E-state index contributed by atoms with van der Waals surface area (Å²) in [7, 11) is -3.48. The summed E-state index contributed by atoms with van der Waals surface area (Å²) >= 11 is 0. The fourth-order valence-electron chi connectivity index (χ4n) is 4.17. The number of benzene rings is 1. The van der Waals surface area contributed by atoms with Gasteiger partial charge in [-0.25, -0.2) is 18.0 Å². The summed E-state index contributed by atoms with van der Waals surface area (Å²) in [6.45, 7) is 4.15. The number of carbonyl (C=O) groups is 3. The minimum Gasteiger partial charge on any atom is -0.473 e. The summed E-state index contributed by atoms with van der Waals surface area (Å²) < 4.78 is 27.4. The summed E-state index contributed by atoms with van der Waals surface area (Å²) in [5.74, 6) is -3.82. The van der Waals surface area contributed by atoms with E-state index in [1.54, 1.807) is 28.6 Å². The number of carboxylic acid groups (broad SMARTS) is 2. The van der Waals surface area contributed by atoms with Crippen LogP contribution < -0.4 is 5.32 Å². The van der Waals surface area contributed by atoms with Crippen LogP contribution >= 0.6 is 0 Å². The van der Waals surface area contributed by atoms with Gasteiger partial charge >= 0.3 is 11.9 Å². The molecule has 0 bridgehead atoms. The Hall–Kier alpha value is -2.50. The largest absolute Gasteiger partial charge is 0.473 e. The Morgan fingerprint density at radius 2 is 1.33 bits per heavy atom. The predicted molar refractivity (Wildman–Crippen MR) is 122 cm³/mol. The van der Waals surface area contributed by atoms with E-state index in [2.05, 4.69) is 10.2 Å². The van der Waals surface area contributed by atoms with Crippen LogP contribution in [0.3, 0.4) is 0 Å². The number of anilines is 1. The molecule has 11 heteroatoms. The van der Waals surface area contributed by atoms with Gasteiger partial charge in [-0.2, -0.15) is 4.31 Å². The molecule has 1 saturated carbocycles. The highest BCUT2D eigenvalue weighted by Crippen LogP contribution is 2.25. The highest BCUT2D eigenvalue weighted by Gasteiger charge is 2.31. The molecule has 0 unspecified atom stereocenters. The molecule has 1 amide bonds. The normalized spacial score (nSPS) is 18.8. The van der Waals surface area contributed by atoms with Crippen LogP contribution in [0.5, 0.6) is 0 Å². The van der Waals surface area contributed by atoms with Crippen LogP contribution in [0.25, 0.3) is 0 Å². The first-order valence-corrected chi connectivity index (χ1v) is 12.6. The Kier molecular flexibility index (Phi) is 10.3. The fraction of sp³-hybridized carbons (Fsp3) is 0.591. The monoisotopic (exact) mass is 483 g/mol. The highest BCUT2D eigenvalue weighted by molar-refractivity contribution is 7.89. The van der Waals surface area contributed by atoms with Gasteiger partial charge in [-0.05, 0) is 37.1 Å². The lowest BCUT2D eigenvalue weighted by Gasteiger charge is -2.39. The minimum atomic E-state index is -3.48. The van der Waals surface area contributed by atoms with Gasteiger partial charge in [-0.1, -0.05) is 32.1 Å². The van der Waals surface area contributed by atoms with E-state index in [0.717, 1.165) is 13.1 Å². The molecule has 3 rings (SSSR count). The van der Waals surface area contributed by atoms with Gasteiger partial charge in [0.1, 0.15) is 0 Å². The Balaban J connectivity index is 0.000000569. The van der Waals surface area contributed by atoms with Gasteiger partial charge in [0.15, 0.2) is 0 Å². The number of carbonyl (C=O) groups excluding carboxylic acids is 1. The lowest BCUT2D eigenvalue weighted by Crippen LogP contribution is -2.51. The molecule has 1 aliphatic carbocycles. The Morgan fingerprint density at radius 1 is 0.848 bits per heavy atom. The molecule has 1 aliphatic heterocycles. The second-order valence-corrected chi connectivity index (χ2v) is 10.2. The van der Waals surface area contributed by atoms with Crippen LogP contribution in [0.15, 0.2) is 29.2 Å². The van der Waals surface area contributed by atoms with Crippen LogP contribution in [-0.2, 0) is 24.4 Å². The molecule has 10 nitrogen and oxygen atoms in total. The summed E-state index contributed by atoms with van der Waals surface area (Å²) in [5.41, 5.74) is 0.607. The molecule has 3 N–H and O–H groups in total. The van der Waals surface area contributed by atoms with Crippen molar-refractivity contribution in [2.45, 2.75) is 62.8 Å². The van der Waals surface area contributed by atoms with E-state index in [1.807, 2.05) is 0 Å². The van der Waals surface area contributed by atoms with Crippen molar-refractivity contribution < 1.29 is 33.0 Å². The number of aliphatic carboxylic acids is 2. The zero-order valence-electron chi connectivity index (χ0n) is 18.9. The molecule has 0 spiro atoms. The summed E-state index contributed by atoms with van der Waals surface area (Å²) in [5, 5.41) is 17.4. The Morgan fingerprint density at radius 3 is 1.79 bits per heavy atom. The number of sulfonamides is 1. The van der Waals surface area contributed by atoms with Crippen LogP contribution in [0, 0.1) is 0 Å². The van der Waals surface area contributed by atoms with E-state index in [1.165, 1.54) is 51.9 Å². The molecule has 2 fully saturated rings. The lowest BCUT2D eigenvalue weighted by atomic mass is 9.95. The molecule has 0 atom stereocenters. The predicted octanol–water partition coefficient (Wildman–Crippen LogP) is 2.22. The van der Waals surface area contributed by atoms with Gasteiger partial charge in [0.2, 0.25) is 15.9 Å². The van der Waals surface area contributed by atoms with Crippen molar-refractivity contribution in [2.75, 3.05) is 31.5 Å². The van der Waals surface area contributed by atoms with E-state index in [4.69, 9.17) is 19.8 Å². The van der Waals surface area contributed by atoms with Crippen molar-refractivity contribution in [1.29, 1.82) is 0 Å². The molecule has 1 heterocycles. The molecule has 184 valence electrons. The standard InChI is InChI=1S/C20H31N3O3S.C2H2O4/c1-17(24)21-18-9-11-20(12-10-18)27(25,26)23-15-13-22(14-16-23)19-7-5-3-2-4-6-8-19;3-1(4)2(5)6/h9-12,19H,2-8,13-16H2,1H3,(H,21,24);(H,3,4)(H,5,6). The van der Waals surface area contributed by atoms with E-state index >= 15 is 0 Å². The van der Waals surface area contributed by atoms with Gasteiger partial charge in [-0.3, -0.25) is 9.69 Å². The number of hydrogen-bond donors (Lipinski definition) is 3.